The lowest BCUT2D eigenvalue weighted by atomic mass is 9.99. The van der Waals surface area contributed by atoms with Crippen molar-refractivity contribution in [2.75, 3.05) is 6.61 Å². The van der Waals surface area contributed by atoms with E-state index in [9.17, 15) is 15.2 Å². The molecule has 100 valence electrons. The van der Waals surface area contributed by atoms with Crippen molar-refractivity contribution in [2.24, 2.45) is 0 Å². The van der Waals surface area contributed by atoms with Gasteiger partial charge in [-0.15, -0.1) is 0 Å². The molecule has 0 saturated carbocycles. The van der Waals surface area contributed by atoms with E-state index < -0.39 is 10.5 Å². The first-order valence-corrected chi connectivity index (χ1v) is 6.09. The Labute approximate surface area is 110 Å². The third kappa shape index (κ3) is 3.58. The van der Waals surface area contributed by atoms with Crippen LogP contribution in [0.15, 0.2) is 18.2 Å². The van der Waals surface area contributed by atoms with Gasteiger partial charge in [0.25, 0.3) is 5.69 Å². The summed E-state index contributed by atoms with van der Waals surface area (Å²) in [4.78, 5) is 10.1. The molecule has 0 radical (unpaired) electrons. The maximum atomic E-state index is 10.6. The highest BCUT2D eigenvalue weighted by atomic mass is 35.5. The molecule has 0 atom stereocenters. The van der Waals surface area contributed by atoms with Crippen molar-refractivity contribution in [3.8, 4) is 5.75 Å². The van der Waals surface area contributed by atoms with Crippen molar-refractivity contribution < 1.29 is 14.8 Å². The van der Waals surface area contributed by atoms with Gasteiger partial charge in [0, 0.05) is 6.07 Å². The first-order chi connectivity index (χ1) is 8.41. The molecule has 5 nitrogen and oxygen atoms in total. The Balaban J connectivity index is 2.84. The van der Waals surface area contributed by atoms with Gasteiger partial charge < -0.3 is 9.84 Å². The molecule has 0 bridgehead atoms. The van der Waals surface area contributed by atoms with E-state index in [1.807, 2.05) is 13.8 Å². The summed E-state index contributed by atoms with van der Waals surface area (Å²) in [7, 11) is 0. The highest BCUT2D eigenvalue weighted by molar-refractivity contribution is 6.32. The van der Waals surface area contributed by atoms with Gasteiger partial charge in [0.05, 0.1) is 21.6 Å². The Morgan fingerprint density at radius 1 is 1.44 bits per heavy atom. The maximum Gasteiger partial charge on any atom is 0.273 e. The van der Waals surface area contributed by atoms with Crippen LogP contribution in [-0.2, 0) is 0 Å². The highest BCUT2D eigenvalue weighted by Gasteiger charge is 2.24. The van der Waals surface area contributed by atoms with Gasteiger partial charge in [-0.25, -0.2) is 0 Å². The van der Waals surface area contributed by atoms with Gasteiger partial charge >= 0.3 is 0 Å². The fourth-order valence-corrected chi connectivity index (χ4v) is 1.55. The minimum atomic E-state index is -0.937. The van der Waals surface area contributed by atoms with Crippen LogP contribution >= 0.6 is 11.6 Å². The van der Waals surface area contributed by atoms with Gasteiger partial charge in [-0.1, -0.05) is 25.4 Å². The summed E-state index contributed by atoms with van der Waals surface area (Å²) in [6.07, 6.45) is 1.08. The Morgan fingerprint density at radius 3 is 2.56 bits per heavy atom. The lowest BCUT2D eigenvalue weighted by molar-refractivity contribution is -0.384. The van der Waals surface area contributed by atoms with Crippen molar-refractivity contribution in [1.29, 1.82) is 0 Å². The number of hydrogen-bond donors (Lipinski definition) is 1. The number of nitro groups is 1. The Morgan fingerprint density at radius 2 is 2.06 bits per heavy atom. The second-order valence-corrected chi connectivity index (χ2v) is 4.50. The zero-order valence-electron chi connectivity index (χ0n) is 10.4. The normalized spacial score (nSPS) is 11.3. The number of ether oxygens (including phenoxy) is 1. The van der Waals surface area contributed by atoms with Crippen molar-refractivity contribution in [2.45, 2.75) is 32.3 Å². The number of non-ortho nitro benzene ring substituents is 1. The largest absolute Gasteiger partial charge is 0.489 e. The van der Waals surface area contributed by atoms with Crippen molar-refractivity contribution >= 4 is 17.3 Å². The second kappa shape index (κ2) is 6.02. The number of nitro benzene ring substituents is 1. The summed E-state index contributed by atoms with van der Waals surface area (Å²) in [5.41, 5.74) is -1.03. The molecular formula is C12H16ClNO4. The predicted molar refractivity (Wildman–Crippen MR) is 69.1 cm³/mol. The van der Waals surface area contributed by atoms with E-state index in [0.29, 0.717) is 12.8 Å². The third-order valence-corrected chi connectivity index (χ3v) is 3.25. The van der Waals surface area contributed by atoms with Gasteiger partial charge in [0.1, 0.15) is 12.4 Å². The van der Waals surface area contributed by atoms with Gasteiger partial charge in [0.15, 0.2) is 0 Å². The molecule has 0 heterocycles. The molecule has 1 rings (SSSR count). The maximum absolute atomic E-state index is 10.6. The summed E-state index contributed by atoms with van der Waals surface area (Å²) < 4.78 is 5.39. The number of nitrogens with zero attached hydrogens (tertiary/aromatic N) is 1. The molecule has 18 heavy (non-hydrogen) atoms. The fourth-order valence-electron chi connectivity index (χ4n) is 1.38. The molecule has 1 aromatic rings. The molecule has 0 unspecified atom stereocenters. The van der Waals surface area contributed by atoms with Crippen LogP contribution in [0.4, 0.5) is 5.69 Å². The molecule has 1 N–H and O–H groups in total. The molecule has 1 aromatic carbocycles. The Hall–Kier alpha value is -1.33. The minimum absolute atomic E-state index is 0.0564. The van der Waals surface area contributed by atoms with E-state index in [-0.39, 0.29) is 23.1 Å². The quantitative estimate of drug-likeness (QED) is 0.638. The number of benzene rings is 1. The van der Waals surface area contributed by atoms with Gasteiger partial charge in [-0.2, -0.15) is 0 Å². The van der Waals surface area contributed by atoms with Crippen LogP contribution in [0.3, 0.4) is 0 Å². The predicted octanol–water partition coefficient (Wildman–Crippen LogP) is 3.18. The van der Waals surface area contributed by atoms with Crippen LogP contribution in [0.25, 0.3) is 0 Å². The summed E-state index contributed by atoms with van der Waals surface area (Å²) in [5.74, 6) is 0.214. The number of hydrogen-bond acceptors (Lipinski definition) is 4. The zero-order valence-corrected chi connectivity index (χ0v) is 11.1. The van der Waals surface area contributed by atoms with Gasteiger partial charge in [0.2, 0.25) is 0 Å². The number of rotatable bonds is 6. The molecule has 6 heteroatoms. The van der Waals surface area contributed by atoms with Crippen LogP contribution < -0.4 is 4.74 Å². The smallest absolute Gasteiger partial charge is 0.273 e. The highest BCUT2D eigenvalue weighted by Crippen LogP contribution is 2.30. The topological polar surface area (TPSA) is 72.6 Å². The molecule has 0 aromatic heterocycles. The van der Waals surface area contributed by atoms with E-state index in [4.69, 9.17) is 16.3 Å². The molecule has 0 saturated heterocycles. The van der Waals surface area contributed by atoms with Crippen LogP contribution in [-0.4, -0.2) is 22.2 Å². The van der Waals surface area contributed by atoms with Crippen molar-refractivity contribution in [1.82, 2.24) is 0 Å². The zero-order chi connectivity index (χ0) is 13.8. The van der Waals surface area contributed by atoms with Crippen LogP contribution in [0.5, 0.6) is 5.75 Å². The summed E-state index contributed by atoms with van der Waals surface area (Å²) in [6.45, 7) is 3.75. The van der Waals surface area contributed by atoms with Crippen molar-refractivity contribution in [3.05, 3.63) is 33.3 Å². The molecule has 0 amide bonds. The van der Waals surface area contributed by atoms with E-state index in [1.165, 1.54) is 18.2 Å². The van der Waals surface area contributed by atoms with E-state index in [0.717, 1.165) is 0 Å². The Bertz CT molecular complexity index is 432. The first-order valence-electron chi connectivity index (χ1n) is 5.71. The summed E-state index contributed by atoms with van der Waals surface area (Å²) in [6, 6.07) is 3.97. The molecule has 0 spiro atoms. The lowest BCUT2D eigenvalue weighted by Gasteiger charge is -2.25. The molecule has 0 aliphatic carbocycles. The average molecular weight is 274 g/mol. The van der Waals surface area contributed by atoms with Gasteiger partial charge in [-0.05, 0) is 18.9 Å². The fraction of sp³-hybridized carbons (Fsp3) is 0.500. The Kier molecular flexibility index (Phi) is 4.93. The first kappa shape index (κ1) is 14.7. The summed E-state index contributed by atoms with van der Waals surface area (Å²) in [5, 5.41) is 21.0. The third-order valence-electron chi connectivity index (χ3n) is 2.94. The molecule has 0 fully saturated rings. The summed E-state index contributed by atoms with van der Waals surface area (Å²) >= 11 is 5.89. The lowest BCUT2D eigenvalue weighted by Crippen LogP contribution is -2.34. The standard InChI is InChI=1S/C12H16ClNO4/c1-3-12(15,4-2)8-18-11-7-9(14(16)17)5-6-10(11)13/h5-7,15H,3-4,8H2,1-2H3. The molecular weight excluding hydrogens is 258 g/mol. The minimum Gasteiger partial charge on any atom is -0.489 e. The van der Waals surface area contributed by atoms with E-state index in [2.05, 4.69) is 0 Å². The van der Waals surface area contributed by atoms with E-state index in [1.54, 1.807) is 0 Å². The van der Waals surface area contributed by atoms with Gasteiger partial charge in [-0.3, -0.25) is 10.1 Å². The number of aliphatic hydroxyl groups is 1. The monoisotopic (exact) mass is 273 g/mol. The molecule has 0 aliphatic rings. The average Bonchev–Trinajstić information content (AvgIpc) is 2.37. The molecule has 0 aliphatic heterocycles. The van der Waals surface area contributed by atoms with Crippen LogP contribution in [0.2, 0.25) is 5.02 Å². The number of halogens is 1. The van der Waals surface area contributed by atoms with Crippen LogP contribution in [0, 0.1) is 10.1 Å². The van der Waals surface area contributed by atoms with Crippen LogP contribution in [0.1, 0.15) is 26.7 Å². The second-order valence-electron chi connectivity index (χ2n) is 4.09. The SMILES string of the molecule is CCC(O)(CC)COc1cc([N+](=O)[O-])ccc1Cl. The van der Waals surface area contributed by atoms with Crippen molar-refractivity contribution in [3.63, 3.8) is 0 Å². The van der Waals surface area contributed by atoms with E-state index >= 15 is 0 Å².